The van der Waals surface area contributed by atoms with Gasteiger partial charge in [0.25, 0.3) is 0 Å². The highest BCUT2D eigenvalue weighted by atomic mass is 16.3. The molecular formula is C38H56N2O. The summed E-state index contributed by atoms with van der Waals surface area (Å²) in [7, 11) is 0. The Bertz CT molecular complexity index is 1290. The lowest BCUT2D eigenvalue weighted by molar-refractivity contribution is 0.306. The number of aryl methyl sites for hydroxylation is 1. The van der Waals surface area contributed by atoms with E-state index in [0.29, 0.717) is 17.1 Å². The van der Waals surface area contributed by atoms with E-state index in [4.69, 9.17) is 0 Å². The second-order valence-electron chi connectivity index (χ2n) is 15.6. The zero-order chi connectivity index (χ0) is 30.8. The number of phenols is 1. The highest BCUT2D eigenvalue weighted by Crippen LogP contribution is 2.35. The standard InChI is InChI=1S/C38H56N2O/c1-26(24-35(3,4)5)21-28-13-15-31(16-14-28)38(11,12)40-32-19-17-30(18-20-32)37(9,10)39-25-29-22-27(2)34(41)33(23-29)36(6,7)8/h13-20,22-23,26,39-41H,21,24-25H2,1-12H3. The molecule has 0 spiro atoms. The van der Waals surface area contributed by atoms with Crippen LogP contribution in [0, 0.1) is 18.3 Å². The van der Waals surface area contributed by atoms with Gasteiger partial charge in [-0.1, -0.05) is 97.0 Å². The maximum Gasteiger partial charge on any atom is 0.122 e. The molecule has 0 saturated heterocycles. The summed E-state index contributed by atoms with van der Waals surface area (Å²) in [5.41, 5.74) is 8.03. The normalized spacial score (nSPS) is 13.8. The summed E-state index contributed by atoms with van der Waals surface area (Å²) in [6.45, 7) is 27.4. The van der Waals surface area contributed by atoms with Crippen LogP contribution in [0.1, 0.15) is 116 Å². The molecule has 3 aromatic carbocycles. The molecular weight excluding hydrogens is 500 g/mol. The molecule has 0 radical (unpaired) electrons. The van der Waals surface area contributed by atoms with Crippen molar-refractivity contribution in [3.05, 3.63) is 94.0 Å². The van der Waals surface area contributed by atoms with E-state index < -0.39 is 0 Å². The van der Waals surface area contributed by atoms with Crippen LogP contribution in [0.4, 0.5) is 5.69 Å². The lowest BCUT2D eigenvalue weighted by Crippen LogP contribution is -2.36. The Hall–Kier alpha value is -2.78. The maximum absolute atomic E-state index is 10.6. The van der Waals surface area contributed by atoms with Crippen molar-refractivity contribution < 1.29 is 5.11 Å². The van der Waals surface area contributed by atoms with E-state index in [2.05, 4.69) is 147 Å². The number of hydrogen-bond donors (Lipinski definition) is 3. The van der Waals surface area contributed by atoms with Crippen molar-refractivity contribution in [2.24, 2.45) is 11.3 Å². The zero-order valence-corrected chi connectivity index (χ0v) is 27.9. The van der Waals surface area contributed by atoms with Gasteiger partial charge in [0, 0.05) is 17.8 Å². The fraction of sp³-hybridized carbons (Fsp3) is 0.526. The monoisotopic (exact) mass is 556 g/mol. The molecule has 3 heteroatoms. The predicted molar refractivity (Wildman–Crippen MR) is 178 cm³/mol. The van der Waals surface area contributed by atoms with Crippen molar-refractivity contribution in [1.29, 1.82) is 0 Å². The average molecular weight is 557 g/mol. The lowest BCUT2D eigenvalue weighted by atomic mass is 9.82. The van der Waals surface area contributed by atoms with Crippen molar-refractivity contribution in [3.63, 3.8) is 0 Å². The number of anilines is 1. The van der Waals surface area contributed by atoms with Crippen LogP contribution < -0.4 is 10.6 Å². The summed E-state index contributed by atoms with van der Waals surface area (Å²) >= 11 is 0. The molecule has 0 saturated carbocycles. The molecule has 0 fully saturated rings. The van der Waals surface area contributed by atoms with Gasteiger partial charge in [0.1, 0.15) is 5.75 Å². The summed E-state index contributed by atoms with van der Waals surface area (Å²) in [4.78, 5) is 0. The molecule has 0 bridgehead atoms. The van der Waals surface area contributed by atoms with Crippen molar-refractivity contribution in [1.82, 2.24) is 5.32 Å². The van der Waals surface area contributed by atoms with Crippen LogP contribution in [0.5, 0.6) is 5.75 Å². The van der Waals surface area contributed by atoms with Crippen LogP contribution in [0.25, 0.3) is 0 Å². The Morgan fingerprint density at radius 3 is 1.78 bits per heavy atom. The Kier molecular flexibility index (Phi) is 9.75. The summed E-state index contributed by atoms with van der Waals surface area (Å²) in [6.07, 6.45) is 2.36. The fourth-order valence-electron chi connectivity index (χ4n) is 5.93. The van der Waals surface area contributed by atoms with Crippen LogP contribution in [0.2, 0.25) is 0 Å². The summed E-state index contributed by atoms with van der Waals surface area (Å²) in [5, 5.41) is 18.1. The molecule has 3 nitrogen and oxygen atoms in total. The third-order valence-corrected chi connectivity index (χ3v) is 8.19. The largest absolute Gasteiger partial charge is 0.507 e. The molecule has 3 aromatic rings. The van der Waals surface area contributed by atoms with Gasteiger partial charge in [-0.25, -0.2) is 0 Å². The molecule has 1 unspecified atom stereocenters. The Balaban J connectivity index is 1.65. The van der Waals surface area contributed by atoms with Gasteiger partial charge < -0.3 is 15.7 Å². The topological polar surface area (TPSA) is 44.3 Å². The van der Waals surface area contributed by atoms with Crippen molar-refractivity contribution in [2.75, 3.05) is 5.32 Å². The van der Waals surface area contributed by atoms with Gasteiger partial charge in [0.2, 0.25) is 0 Å². The molecule has 224 valence electrons. The van der Waals surface area contributed by atoms with Gasteiger partial charge in [-0.3, -0.25) is 0 Å². The highest BCUT2D eigenvalue weighted by Gasteiger charge is 2.24. The minimum Gasteiger partial charge on any atom is -0.507 e. The van der Waals surface area contributed by atoms with Gasteiger partial charge >= 0.3 is 0 Å². The van der Waals surface area contributed by atoms with Crippen molar-refractivity contribution in [2.45, 2.75) is 119 Å². The van der Waals surface area contributed by atoms with Gasteiger partial charge in [0.15, 0.2) is 0 Å². The molecule has 0 heterocycles. The number of phenolic OH excluding ortho intramolecular Hbond substituents is 1. The smallest absolute Gasteiger partial charge is 0.122 e. The predicted octanol–water partition coefficient (Wildman–Crippen LogP) is 9.99. The van der Waals surface area contributed by atoms with Crippen LogP contribution in [-0.2, 0) is 29.5 Å². The van der Waals surface area contributed by atoms with Crippen molar-refractivity contribution in [3.8, 4) is 5.75 Å². The SMILES string of the molecule is Cc1cc(CNC(C)(C)c2ccc(NC(C)(C)c3ccc(CC(C)CC(C)(C)C)cc3)cc2)cc(C(C)(C)C)c1O. The number of nitrogens with one attached hydrogen (secondary N) is 2. The van der Waals surface area contributed by atoms with Gasteiger partial charge in [0.05, 0.1) is 5.54 Å². The van der Waals surface area contributed by atoms with E-state index in [1.165, 1.54) is 28.7 Å². The Morgan fingerprint density at radius 2 is 1.24 bits per heavy atom. The first-order valence-electron chi connectivity index (χ1n) is 15.3. The minimum atomic E-state index is -0.207. The molecule has 0 aliphatic rings. The molecule has 1 atom stereocenters. The summed E-state index contributed by atoms with van der Waals surface area (Å²) in [5.74, 6) is 1.09. The van der Waals surface area contributed by atoms with Gasteiger partial charge in [-0.05, 0) is 110 Å². The van der Waals surface area contributed by atoms with E-state index in [1.807, 2.05) is 6.92 Å². The highest BCUT2D eigenvalue weighted by molar-refractivity contribution is 5.50. The Morgan fingerprint density at radius 1 is 0.707 bits per heavy atom. The number of hydrogen-bond acceptors (Lipinski definition) is 3. The first kappa shape index (κ1) is 32.7. The third-order valence-electron chi connectivity index (χ3n) is 8.19. The number of aromatic hydroxyl groups is 1. The van der Waals surface area contributed by atoms with E-state index in [0.717, 1.165) is 29.8 Å². The Labute approximate surface area is 251 Å². The first-order valence-corrected chi connectivity index (χ1v) is 15.3. The molecule has 0 aliphatic carbocycles. The van der Waals surface area contributed by atoms with Crippen molar-refractivity contribution >= 4 is 5.69 Å². The zero-order valence-electron chi connectivity index (χ0n) is 27.9. The molecule has 0 amide bonds. The van der Waals surface area contributed by atoms with E-state index >= 15 is 0 Å². The van der Waals surface area contributed by atoms with Crippen LogP contribution in [0.3, 0.4) is 0 Å². The van der Waals surface area contributed by atoms with E-state index in [1.54, 1.807) is 0 Å². The van der Waals surface area contributed by atoms with Gasteiger partial charge in [-0.15, -0.1) is 0 Å². The fourth-order valence-corrected chi connectivity index (χ4v) is 5.93. The first-order chi connectivity index (χ1) is 18.8. The minimum absolute atomic E-state index is 0.107. The number of rotatable bonds is 10. The second-order valence-corrected chi connectivity index (χ2v) is 15.6. The molecule has 41 heavy (non-hydrogen) atoms. The summed E-state index contributed by atoms with van der Waals surface area (Å²) in [6, 6.07) is 22.2. The quantitative estimate of drug-likeness (QED) is 0.233. The molecule has 0 aliphatic heterocycles. The van der Waals surface area contributed by atoms with Crippen LogP contribution in [-0.4, -0.2) is 5.11 Å². The van der Waals surface area contributed by atoms with Gasteiger partial charge in [-0.2, -0.15) is 0 Å². The average Bonchev–Trinajstić information content (AvgIpc) is 2.83. The third kappa shape index (κ3) is 9.10. The van der Waals surface area contributed by atoms with Crippen LogP contribution in [0.15, 0.2) is 60.7 Å². The van der Waals surface area contributed by atoms with E-state index in [-0.39, 0.29) is 16.5 Å². The number of benzene rings is 3. The molecule has 3 rings (SSSR count). The maximum atomic E-state index is 10.6. The lowest BCUT2D eigenvalue weighted by Gasteiger charge is -2.30. The second kappa shape index (κ2) is 12.2. The molecule has 3 N–H and O–H groups in total. The van der Waals surface area contributed by atoms with Crippen LogP contribution >= 0.6 is 0 Å². The summed E-state index contributed by atoms with van der Waals surface area (Å²) < 4.78 is 0. The van der Waals surface area contributed by atoms with E-state index in [9.17, 15) is 5.11 Å². The molecule has 0 aromatic heterocycles.